The number of halogens is 1. The SMILES string of the molecule is CC1=CCC(c2noc(C)c2C(=O)O)C(Cl)=C1. The maximum absolute atomic E-state index is 11.1. The van der Waals surface area contributed by atoms with Crippen molar-refractivity contribution in [3.8, 4) is 0 Å². The van der Waals surface area contributed by atoms with Crippen molar-refractivity contribution in [2.75, 3.05) is 0 Å². The standard InChI is InChI=1S/C12H12ClNO3/c1-6-3-4-8(9(13)5-6)11-10(12(15)16)7(2)17-14-11/h3,5,8H,4H2,1-2H3,(H,15,16). The molecular weight excluding hydrogens is 242 g/mol. The summed E-state index contributed by atoms with van der Waals surface area (Å²) >= 11 is 6.14. The third-order valence-corrected chi connectivity index (χ3v) is 3.18. The second-order valence-corrected chi connectivity index (χ2v) is 4.51. The Kier molecular flexibility index (Phi) is 3.07. The lowest BCUT2D eigenvalue weighted by Gasteiger charge is -2.16. The summed E-state index contributed by atoms with van der Waals surface area (Å²) in [4.78, 5) is 11.1. The molecule has 1 aliphatic carbocycles. The molecule has 0 saturated carbocycles. The van der Waals surface area contributed by atoms with Gasteiger partial charge in [0.15, 0.2) is 0 Å². The first kappa shape index (κ1) is 11.9. The summed E-state index contributed by atoms with van der Waals surface area (Å²) in [6.45, 7) is 3.53. The highest BCUT2D eigenvalue weighted by Gasteiger charge is 2.28. The van der Waals surface area contributed by atoms with Gasteiger partial charge in [-0.15, -0.1) is 0 Å². The highest BCUT2D eigenvalue weighted by atomic mass is 35.5. The van der Waals surface area contributed by atoms with Crippen LogP contribution < -0.4 is 0 Å². The molecule has 0 aliphatic heterocycles. The molecule has 5 heteroatoms. The van der Waals surface area contributed by atoms with Crippen LogP contribution in [0.1, 0.15) is 41.1 Å². The zero-order valence-corrected chi connectivity index (χ0v) is 10.3. The minimum absolute atomic E-state index is 0.120. The number of rotatable bonds is 2. The number of aromatic carboxylic acids is 1. The zero-order chi connectivity index (χ0) is 12.6. The van der Waals surface area contributed by atoms with E-state index in [1.165, 1.54) is 0 Å². The molecular formula is C12H12ClNO3. The van der Waals surface area contributed by atoms with Crippen molar-refractivity contribution in [2.45, 2.75) is 26.2 Å². The van der Waals surface area contributed by atoms with Gasteiger partial charge in [0.1, 0.15) is 17.0 Å². The van der Waals surface area contributed by atoms with Crippen LogP contribution >= 0.6 is 11.6 Å². The number of nitrogens with zero attached hydrogens (tertiary/aromatic N) is 1. The third-order valence-electron chi connectivity index (χ3n) is 2.81. The Morgan fingerprint density at radius 3 is 2.88 bits per heavy atom. The maximum atomic E-state index is 11.1. The van der Waals surface area contributed by atoms with Crippen molar-refractivity contribution in [2.24, 2.45) is 0 Å². The largest absolute Gasteiger partial charge is 0.477 e. The Morgan fingerprint density at radius 2 is 2.29 bits per heavy atom. The number of hydrogen-bond acceptors (Lipinski definition) is 3. The number of hydrogen-bond donors (Lipinski definition) is 1. The van der Waals surface area contributed by atoms with Crippen LogP contribution in [0.5, 0.6) is 0 Å². The first-order chi connectivity index (χ1) is 8.00. The lowest BCUT2D eigenvalue weighted by atomic mass is 9.91. The predicted molar refractivity (Wildman–Crippen MR) is 63.3 cm³/mol. The van der Waals surface area contributed by atoms with Gasteiger partial charge in [0.05, 0.1) is 0 Å². The van der Waals surface area contributed by atoms with E-state index < -0.39 is 5.97 Å². The average Bonchev–Trinajstić information content (AvgIpc) is 2.60. The summed E-state index contributed by atoms with van der Waals surface area (Å²) in [6.07, 6.45) is 4.48. The molecule has 4 nitrogen and oxygen atoms in total. The number of allylic oxidation sites excluding steroid dienone is 4. The first-order valence-electron chi connectivity index (χ1n) is 5.24. The molecule has 1 unspecified atom stereocenters. The quantitative estimate of drug-likeness (QED) is 0.879. The summed E-state index contributed by atoms with van der Waals surface area (Å²) in [5.41, 5.74) is 1.60. The molecule has 0 amide bonds. The third kappa shape index (κ3) is 2.13. The molecule has 1 aromatic rings. The second-order valence-electron chi connectivity index (χ2n) is 4.07. The van der Waals surface area contributed by atoms with E-state index >= 15 is 0 Å². The maximum Gasteiger partial charge on any atom is 0.341 e. The highest BCUT2D eigenvalue weighted by molar-refractivity contribution is 6.30. The highest BCUT2D eigenvalue weighted by Crippen LogP contribution is 2.37. The lowest BCUT2D eigenvalue weighted by Crippen LogP contribution is -2.09. The van der Waals surface area contributed by atoms with Gasteiger partial charge >= 0.3 is 5.97 Å². The Labute approximate surface area is 104 Å². The molecule has 2 rings (SSSR count). The van der Waals surface area contributed by atoms with E-state index in [0.717, 1.165) is 5.57 Å². The molecule has 17 heavy (non-hydrogen) atoms. The van der Waals surface area contributed by atoms with Crippen LogP contribution in [-0.2, 0) is 0 Å². The number of carboxylic acid groups (broad SMARTS) is 1. The fourth-order valence-corrected chi connectivity index (χ4v) is 2.29. The fraction of sp³-hybridized carbons (Fsp3) is 0.333. The van der Waals surface area contributed by atoms with Crippen LogP contribution in [0.4, 0.5) is 0 Å². The summed E-state index contributed by atoms with van der Waals surface area (Å²) in [7, 11) is 0. The molecule has 0 spiro atoms. The number of carbonyl (C=O) groups is 1. The van der Waals surface area contributed by atoms with Crippen molar-refractivity contribution >= 4 is 17.6 Å². The van der Waals surface area contributed by atoms with Crippen LogP contribution in [0, 0.1) is 6.92 Å². The van der Waals surface area contributed by atoms with Crippen molar-refractivity contribution in [1.82, 2.24) is 5.16 Å². The zero-order valence-electron chi connectivity index (χ0n) is 9.53. The number of aryl methyl sites for hydroxylation is 1. The van der Waals surface area contributed by atoms with Gasteiger partial charge < -0.3 is 9.63 Å². The lowest BCUT2D eigenvalue weighted by molar-refractivity contribution is 0.0693. The van der Waals surface area contributed by atoms with Gasteiger partial charge in [-0.3, -0.25) is 0 Å². The van der Waals surface area contributed by atoms with Crippen LogP contribution in [0.2, 0.25) is 0 Å². The van der Waals surface area contributed by atoms with Gasteiger partial charge in [-0.2, -0.15) is 0 Å². The summed E-state index contributed by atoms with van der Waals surface area (Å²) < 4.78 is 4.95. The second kappa shape index (κ2) is 4.37. The topological polar surface area (TPSA) is 63.3 Å². The molecule has 1 aromatic heterocycles. The minimum Gasteiger partial charge on any atom is -0.477 e. The van der Waals surface area contributed by atoms with E-state index in [0.29, 0.717) is 22.9 Å². The summed E-state index contributed by atoms with van der Waals surface area (Å²) in [5, 5.41) is 13.6. The molecule has 0 radical (unpaired) electrons. The fourth-order valence-electron chi connectivity index (χ4n) is 1.92. The van der Waals surface area contributed by atoms with Crippen molar-refractivity contribution in [1.29, 1.82) is 0 Å². The van der Waals surface area contributed by atoms with Gasteiger partial charge in [-0.25, -0.2) is 4.79 Å². The number of aromatic nitrogens is 1. The molecule has 1 aliphatic rings. The Hall–Kier alpha value is -1.55. The minimum atomic E-state index is -1.03. The number of carboxylic acids is 1. The van der Waals surface area contributed by atoms with E-state index in [1.807, 2.05) is 19.1 Å². The molecule has 1 N–H and O–H groups in total. The van der Waals surface area contributed by atoms with Crippen LogP contribution in [0.25, 0.3) is 0 Å². The van der Waals surface area contributed by atoms with Crippen LogP contribution in [0.15, 0.2) is 27.3 Å². The smallest absolute Gasteiger partial charge is 0.341 e. The van der Waals surface area contributed by atoms with Crippen molar-refractivity contribution < 1.29 is 14.4 Å². The van der Waals surface area contributed by atoms with E-state index in [9.17, 15) is 4.79 Å². The van der Waals surface area contributed by atoms with Gasteiger partial charge in [0, 0.05) is 11.0 Å². The van der Waals surface area contributed by atoms with E-state index in [-0.39, 0.29) is 11.5 Å². The van der Waals surface area contributed by atoms with Crippen molar-refractivity contribution in [3.05, 3.63) is 39.8 Å². The van der Waals surface area contributed by atoms with Gasteiger partial charge in [-0.1, -0.05) is 28.4 Å². The molecule has 0 fully saturated rings. The van der Waals surface area contributed by atoms with Gasteiger partial charge in [-0.05, 0) is 26.3 Å². The van der Waals surface area contributed by atoms with E-state index in [1.54, 1.807) is 6.92 Å². The Morgan fingerprint density at radius 1 is 1.59 bits per heavy atom. The van der Waals surface area contributed by atoms with Crippen LogP contribution in [-0.4, -0.2) is 16.2 Å². The Balaban J connectivity index is 2.43. The normalized spacial score (nSPS) is 19.8. The first-order valence-corrected chi connectivity index (χ1v) is 5.61. The molecule has 1 atom stereocenters. The molecule has 1 heterocycles. The van der Waals surface area contributed by atoms with Crippen LogP contribution in [0.3, 0.4) is 0 Å². The molecule has 90 valence electrons. The average molecular weight is 254 g/mol. The van der Waals surface area contributed by atoms with E-state index in [4.69, 9.17) is 21.2 Å². The predicted octanol–water partition coefficient (Wildman–Crippen LogP) is 3.24. The molecule has 0 saturated heterocycles. The molecule has 0 bridgehead atoms. The van der Waals surface area contributed by atoms with Gasteiger partial charge in [0.2, 0.25) is 0 Å². The summed E-state index contributed by atoms with van der Waals surface area (Å²) in [5.74, 6) is -0.943. The monoisotopic (exact) mass is 253 g/mol. The van der Waals surface area contributed by atoms with E-state index in [2.05, 4.69) is 5.16 Å². The Bertz CT molecular complexity index is 528. The summed E-state index contributed by atoms with van der Waals surface area (Å²) in [6, 6.07) is 0. The van der Waals surface area contributed by atoms with Crippen molar-refractivity contribution in [3.63, 3.8) is 0 Å². The molecule has 0 aromatic carbocycles. The van der Waals surface area contributed by atoms with Gasteiger partial charge in [0.25, 0.3) is 0 Å².